The van der Waals surface area contributed by atoms with E-state index in [4.69, 9.17) is 5.11 Å². The van der Waals surface area contributed by atoms with E-state index < -0.39 is 11.9 Å². The number of imidazole rings is 1. The fourth-order valence-electron chi connectivity index (χ4n) is 2.53. The van der Waals surface area contributed by atoms with E-state index in [1.54, 1.807) is 23.0 Å². The van der Waals surface area contributed by atoms with E-state index >= 15 is 0 Å². The molecule has 1 heterocycles. The number of nitrogens with one attached hydrogen (secondary N) is 1. The van der Waals surface area contributed by atoms with Gasteiger partial charge in [0.15, 0.2) is 0 Å². The van der Waals surface area contributed by atoms with Gasteiger partial charge >= 0.3 is 5.97 Å². The maximum atomic E-state index is 12.0. The van der Waals surface area contributed by atoms with Crippen LogP contribution >= 0.6 is 0 Å². The Balaban J connectivity index is 1.63. The second kappa shape index (κ2) is 5.40. The molecule has 0 radical (unpaired) electrons. The Kier molecular flexibility index (Phi) is 3.43. The first-order chi connectivity index (χ1) is 10.1. The first kappa shape index (κ1) is 13.4. The zero-order valence-electron chi connectivity index (χ0n) is 11.3. The van der Waals surface area contributed by atoms with Gasteiger partial charge in [-0.2, -0.15) is 0 Å². The number of aromatic nitrogens is 2. The molecule has 1 aliphatic rings. The summed E-state index contributed by atoms with van der Waals surface area (Å²) in [5, 5.41) is 11.7. The van der Waals surface area contributed by atoms with Gasteiger partial charge in [-0.1, -0.05) is 24.3 Å². The molecule has 108 valence electrons. The molecule has 1 aliphatic carbocycles. The van der Waals surface area contributed by atoms with Crippen LogP contribution in [0, 0.1) is 5.92 Å². The predicted molar refractivity (Wildman–Crippen MR) is 76.5 cm³/mol. The summed E-state index contributed by atoms with van der Waals surface area (Å²) in [5.41, 5.74) is 1.75. The second-order valence-corrected chi connectivity index (χ2v) is 5.10. The Bertz CT molecular complexity index is 720. The minimum absolute atomic E-state index is 0.154. The van der Waals surface area contributed by atoms with Gasteiger partial charge in [0.2, 0.25) is 5.91 Å². The lowest BCUT2D eigenvalue weighted by Gasteiger charge is -2.12. The van der Waals surface area contributed by atoms with Crippen molar-refractivity contribution in [2.24, 2.45) is 5.92 Å². The van der Waals surface area contributed by atoms with Crippen LogP contribution in [-0.4, -0.2) is 32.6 Å². The van der Waals surface area contributed by atoms with Gasteiger partial charge in [-0.15, -0.1) is 0 Å². The summed E-state index contributed by atoms with van der Waals surface area (Å²) >= 11 is 0. The highest BCUT2D eigenvalue weighted by Gasteiger charge is 2.25. The monoisotopic (exact) mass is 285 g/mol. The molecule has 1 aromatic heterocycles. The number of aliphatic carboxylic acids is 1. The maximum absolute atomic E-state index is 12.0. The Morgan fingerprint density at radius 1 is 1.33 bits per heavy atom. The van der Waals surface area contributed by atoms with Gasteiger partial charge in [-0.25, -0.2) is 4.98 Å². The van der Waals surface area contributed by atoms with Crippen molar-refractivity contribution in [3.63, 3.8) is 0 Å². The molecular formula is C15H15N3O3. The van der Waals surface area contributed by atoms with Gasteiger partial charge < -0.3 is 15.0 Å². The molecule has 2 aromatic rings. The Labute approximate surface area is 121 Å². The van der Waals surface area contributed by atoms with Crippen LogP contribution in [0.2, 0.25) is 0 Å². The fourth-order valence-corrected chi connectivity index (χ4v) is 2.53. The summed E-state index contributed by atoms with van der Waals surface area (Å²) in [5.74, 6) is -1.52. The number of carbonyl (C=O) groups excluding carboxylic acids is 1. The van der Waals surface area contributed by atoms with Crippen molar-refractivity contribution in [2.45, 2.75) is 19.0 Å². The Morgan fingerprint density at radius 3 is 2.90 bits per heavy atom. The van der Waals surface area contributed by atoms with E-state index in [0.29, 0.717) is 6.42 Å². The van der Waals surface area contributed by atoms with E-state index in [9.17, 15) is 9.59 Å². The number of nitrogens with zero attached hydrogens (tertiary/aromatic N) is 2. The number of carboxylic acid groups (broad SMARTS) is 1. The molecule has 2 atom stereocenters. The highest BCUT2D eigenvalue weighted by Crippen LogP contribution is 2.18. The molecule has 0 fully saturated rings. The summed E-state index contributed by atoms with van der Waals surface area (Å²) in [4.78, 5) is 27.1. The van der Waals surface area contributed by atoms with Crippen molar-refractivity contribution in [3.8, 4) is 0 Å². The average molecular weight is 285 g/mol. The third kappa shape index (κ3) is 2.79. The zero-order chi connectivity index (χ0) is 14.8. The number of hydrogen-bond acceptors (Lipinski definition) is 3. The molecule has 0 aliphatic heterocycles. The molecule has 1 aromatic carbocycles. The summed E-state index contributed by atoms with van der Waals surface area (Å²) in [7, 11) is 0. The molecule has 6 heteroatoms. The molecule has 21 heavy (non-hydrogen) atoms. The highest BCUT2D eigenvalue weighted by molar-refractivity contribution is 5.81. The highest BCUT2D eigenvalue weighted by atomic mass is 16.4. The van der Waals surface area contributed by atoms with Crippen LogP contribution in [-0.2, 0) is 16.1 Å². The SMILES string of the molecule is O=C(Cn1cnc2ccccc21)NC1C=CC(C(=O)O)C1. The van der Waals surface area contributed by atoms with E-state index in [0.717, 1.165) is 11.0 Å². The largest absolute Gasteiger partial charge is 0.481 e. The molecule has 2 N–H and O–H groups in total. The summed E-state index contributed by atoms with van der Waals surface area (Å²) in [6, 6.07) is 7.38. The van der Waals surface area contributed by atoms with Crippen molar-refractivity contribution < 1.29 is 14.7 Å². The molecule has 0 saturated carbocycles. The topological polar surface area (TPSA) is 84.2 Å². The van der Waals surface area contributed by atoms with Crippen molar-refractivity contribution >= 4 is 22.9 Å². The fraction of sp³-hybridized carbons (Fsp3) is 0.267. The number of para-hydroxylation sites is 2. The molecule has 2 unspecified atom stereocenters. The molecule has 0 saturated heterocycles. The van der Waals surface area contributed by atoms with Crippen molar-refractivity contribution in [3.05, 3.63) is 42.7 Å². The van der Waals surface area contributed by atoms with E-state index in [1.807, 2.05) is 24.3 Å². The quantitative estimate of drug-likeness (QED) is 0.826. The third-order valence-electron chi connectivity index (χ3n) is 3.59. The number of rotatable bonds is 4. The van der Waals surface area contributed by atoms with Gasteiger partial charge in [-0.05, 0) is 18.6 Å². The maximum Gasteiger partial charge on any atom is 0.310 e. The number of carboxylic acids is 1. The lowest BCUT2D eigenvalue weighted by molar-refractivity contribution is -0.140. The number of carbonyl (C=O) groups is 2. The second-order valence-electron chi connectivity index (χ2n) is 5.10. The van der Waals surface area contributed by atoms with Gasteiger partial charge in [0.25, 0.3) is 0 Å². The van der Waals surface area contributed by atoms with Gasteiger partial charge in [0.05, 0.1) is 23.3 Å². The lowest BCUT2D eigenvalue weighted by atomic mass is 10.1. The van der Waals surface area contributed by atoms with Crippen LogP contribution in [0.25, 0.3) is 11.0 Å². The lowest BCUT2D eigenvalue weighted by Crippen LogP contribution is -2.35. The first-order valence-electron chi connectivity index (χ1n) is 6.74. The molecule has 1 amide bonds. The first-order valence-corrected chi connectivity index (χ1v) is 6.74. The molecule has 3 rings (SSSR count). The van der Waals surface area contributed by atoms with E-state index in [-0.39, 0.29) is 18.5 Å². The number of amides is 1. The standard InChI is InChI=1S/C15H15N3O3/c19-14(17-11-6-5-10(7-11)15(20)21)8-18-9-16-12-3-1-2-4-13(12)18/h1-6,9-11H,7-8H2,(H,17,19)(H,20,21). The number of benzene rings is 1. The van der Waals surface area contributed by atoms with Crippen LogP contribution in [0.15, 0.2) is 42.7 Å². The van der Waals surface area contributed by atoms with Gasteiger partial charge in [0, 0.05) is 6.04 Å². The smallest absolute Gasteiger partial charge is 0.310 e. The summed E-state index contributed by atoms with van der Waals surface area (Å²) in [6.07, 6.45) is 5.41. The van der Waals surface area contributed by atoms with Crippen molar-refractivity contribution in [2.75, 3.05) is 0 Å². The van der Waals surface area contributed by atoms with Crippen molar-refractivity contribution in [1.29, 1.82) is 0 Å². The summed E-state index contributed by atoms with van der Waals surface area (Å²) in [6.45, 7) is 0.169. The van der Waals surface area contributed by atoms with E-state index in [1.165, 1.54) is 0 Å². The Morgan fingerprint density at radius 2 is 2.14 bits per heavy atom. The minimum Gasteiger partial charge on any atom is -0.481 e. The number of hydrogen-bond donors (Lipinski definition) is 2. The van der Waals surface area contributed by atoms with Crippen LogP contribution in [0.3, 0.4) is 0 Å². The predicted octanol–water partition coefficient (Wildman–Crippen LogP) is 1.18. The normalized spacial score (nSPS) is 20.8. The third-order valence-corrected chi connectivity index (χ3v) is 3.59. The summed E-state index contributed by atoms with van der Waals surface area (Å²) < 4.78 is 1.78. The van der Waals surface area contributed by atoms with Crippen LogP contribution in [0.1, 0.15) is 6.42 Å². The van der Waals surface area contributed by atoms with Crippen LogP contribution in [0.4, 0.5) is 0 Å². The zero-order valence-corrected chi connectivity index (χ0v) is 11.3. The minimum atomic E-state index is -0.858. The Hall–Kier alpha value is -2.63. The average Bonchev–Trinajstić information content (AvgIpc) is 3.07. The molecule has 6 nitrogen and oxygen atoms in total. The van der Waals surface area contributed by atoms with Crippen molar-refractivity contribution in [1.82, 2.24) is 14.9 Å². The van der Waals surface area contributed by atoms with Gasteiger partial charge in [-0.3, -0.25) is 9.59 Å². The van der Waals surface area contributed by atoms with E-state index in [2.05, 4.69) is 10.3 Å². The molecule has 0 bridgehead atoms. The van der Waals surface area contributed by atoms with Crippen LogP contribution in [0.5, 0.6) is 0 Å². The molecular weight excluding hydrogens is 270 g/mol. The van der Waals surface area contributed by atoms with Crippen LogP contribution < -0.4 is 5.32 Å². The number of fused-ring (bicyclic) bond motifs is 1. The molecule has 0 spiro atoms. The van der Waals surface area contributed by atoms with Gasteiger partial charge in [0.1, 0.15) is 6.54 Å².